The van der Waals surface area contributed by atoms with Crippen LogP contribution in [0.1, 0.15) is 11.4 Å². The van der Waals surface area contributed by atoms with Crippen LogP contribution in [0.3, 0.4) is 0 Å². The van der Waals surface area contributed by atoms with Gasteiger partial charge in [-0.1, -0.05) is 6.07 Å². The summed E-state index contributed by atoms with van der Waals surface area (Å²) in [6.07, 6.45) is 9.01. The third-order valence-corrected chi connectivity index (χ3v) is 4.74. The van der Waals surface area contributed by atoms with Gasteiger partial charge in [0.25, 0.3) is 0 Å². The molecule has 0 bridgehead atoms. The highest BCUT2D eigenvalue weighted by atomic mass is 15.3. The molecule has 4 heterocycles. The molecular weight excluding hydrogens is 354 g/mol. The number of aromatic nitrogens is 5. The van der Waals surface area contributed by atoms with Crippen molar-refractivity contribution in [3.8, 4) is 5.82 Å². The maximum absolute atomic E-state index is 6.20. The van der Waals surface area contributed by atoms with Gasteiger partial charge in [0.15, 0.2) is 5.96 Å². The SMILES string of the molecule is Cc1nccn1-c1ccc(CN=C(N)N2CCN(c3ncccn3)CC2)cn1. The van der Waals surface area contributed by atoms with Crippen LogP contribution in [0.2, 0.25) is 0 Å². The minimum atomic E-state index is 0.504. The third-order valence-electron chi connectivity index (χ3n) is 4.74. The fourth-order valence-electron chi connectivity index (χ4n) is 3.14. The molecule has 0 aromatic carbocycles. The molecule has 0 aliphatic carbocycles. The molecular formula is C19H23N9. The first kappa shape index (κ1) is 17.9. The van der Waals surface area contributed by atoms with Gasteiger partial charge in [-0.2, -0.15) is 0 Å². The second kappa shape index (κ2) is 8.03. The first-order valence-corrected chi connectivity index (χ1v) is 9.23. The first-order valence-electron chi connectivity index (χ1n) is 9.23. The molecule has 0 amide bonds. The van der Waals surface area contributed by atoms with Crippen LogP contribution in [0, 0.1) is 6.92 Å². The topological polar surface area (TPSA) is 101 Å². The standard InChI is InChI=1S/C19H23N9/c1-15-21-7-8-28(15)17-4-3-16(13-24-17)14-25-18(20)26-9-11-27(12-10-26)19-22-5-2-6-23-19/h2-8,13H,9-12,14H2,1H3,(H2,20,25). The van der Waals surface area contributed by atoms with Gasteiger partial charge < -0.3 is 15.5 Å². The molecule has 0 unspecified atom stereocenters. The molecule has 9 nitrogen and oxygen atoms in total. The Labute approximate surface area is 163 Å². The van der Waals surface area contributed by atoms with Crippen molar-refractivity contribution in [1.29, 1.82) is 0 Å². The van der Waals surface area contributed by atoms with E-state index in [0.29, 0.717) is 12.5 Å². The zero-order valence-corrected chi connectivity index (χ0v) is 15.8. The van der Waals surface area contributed by atoms with Crippen LogP contribution in [0.25, 0.3) is 5.82 Å². The molecule has 4 rings (SSSR count). The Balaban J connectivity index is 1.33. The Morgan fingerprint density at radius 2 is 1.82 bits per heavy atom. The summed E-state index contributed by atoms with van der Waals surface area (Å²) in [6, 6.07) is 5.81. The zero-order valence-electron chi connectivity index (χ0n) is 15.8. The summed E-state index contributed by atoms with van der Waals surface area (Å²) in [6.45, 7) is 5.69. The van der Waals surface area contributed by atoms with Crippen LogP contribution in [-0.4, -0.2) is 61.5 Å². The number of aryl methyl sites for hydroxylation is 1. The van der Waals surface area contributed by atoms with Crippen LogP contribution in [0.15, 0.2) is 54.2 Å². The number of imidazole rings is 1. The Kier molecular flexibility index (Phi) is 5.14. The van der Waals surface area contributed by atoms with Gasteiger partial charge in [-0.3, -0.25) is 4.57 Å². The van der Waals surface area contributed by atoms with Gasteiger partial charge in [0.05, 0.1) is 6.54 Å². The first-order chi connectivity index (χ1) is 13.7. The van der Waals surface area contributed by atoms with Crippen molar-refractivity contribution in [2.75, 3.05) is 31.1 Å². The van der Waals surface area contributed by atoms with E-state index in [1.807, 2.05) is 42.1 Å². The van der Waals surface area contributed by atoms with Crippen molar-refractivity contribution >= 4 is 11.9 Å². The molecule has 2 N–H and O–H groups in total. The molecule has 1 fully saturated rings. The van der Waals surface area contributed by atoms with Crippen molar-refractivity contribution in [2.24, 2.45) is 10.7 Å². The molecule has 9 heteroatoms. The van der Waals surface area contributed by atoms with Crippen LogP contribution >= 0.6 is 0 Å². The van der Waals surface area contributed by atoms with Gasteiger partial charge in [0, 0.05) is 57.2 Å². The van der Waals surface area contributed by atoms with Gasteiger partial charge in [0.1, 0.15) is 11.6 Å². The fourth-order valence-corrected chi connectivity index (χ4v) is 3.14. The second-order valence-corrected chi connectivity index (χ2v) is 6.57. The summed E-state index contributed by atoms with van der Waals surface area (Å²) >= 11 is 0. The molecule has 1 saturated heterocycles. The molecule has 28 heavy (non-hydrogen) atoms. The van der Waals surface area contributed by atoms with Crippen molar-refractivity contribution in [3.05, 3.63) is 60.6 Å². The second-order valence-electron chi connectivity index (χ2n) is 6.57. The lowest BCUT2D eigenvalue weighted by molar-refractivity contribution is 0.378. The smallest absolute Gasteiger partial charge is 0.225 e. The van der Waals surface area contributed by atoms with E-state index in [4.69, 9.17) is 5.73 Å². The van der Waals surface area contributed by atoms with Crippen molar-refractivity contribution in [1.82, 2.24) is 29.4 Å². The van der Waals surface area contributed by atoms with E-state index in [0.717, 1.165) is 49.3 Å². The minimum absolute atomic E-state index is 0.504. The lowest BCUT2D eigenvalue weighted by Crippen LogP contribution is -2.51. The molecule has 0 spiro atoms. The number of piperazine rings is 1. The van der Waals surface area contributed by atoms with Gasteiger partial charge >= 0.3 is 0 Å². The highest BCUT2D eigenvalue weighted by Crippen LogP contribution is 2.11. The highest BCUT2D eigenvalue weighted by molar-refractivity contribution is 5.78. The van der Waals surface area contributed by atoms with E-state index in [1.54, 1.807) is 18.6 Å². The lowest BCUT2D eigenvalue weighted by Gasteiger charge is -2.35. The number of rotatable bonds is 4. The Bertz CT molecular complexity index is 926. The predicted molar refractivity (Wildman–Crippen MR) is 107 cm³/mol. The van der Waals surface area contributed by atoms with Gasteiger partial charge in [-0.25, -0.2) is 24.9 Å². The van der Waals surface area contributed by atoms with E-state index in [9.17, 15) is 0 Å². The number of anilines is 1. The fraction of sp³-hybridized carbons (Fsp3) is 0.316. The molecule has 3 aromatic rings. The van der Waals surface area contributed by atoms with E-state index in [-0.39, 0.29) is 0 Å². The third kappa shape index (κ3) is 3.93. The number of nitrogens with zero attached hydrogens (tertiary/aromatic N) is 8. The molecule has 1 aliphatic rings. The summed E-state index contributed by atoms with van der Waals surface area (Å²) in [5, 5.41) is 0. The van der Waals surface area contributed by atoms with E-state index >= 15 is 0 Å². The Morgan fingerprint density at radius 3 is 2.46 bits per heavy atom. The number of aliphatic imine (C=N–C) groups is 1. The summed E-state index contributed by atoms with van der Waals surface area (Å²) in [5.41, 5.74) is 7.22. The van der Waals surface area contributed by atoms with Crippen LogP contribution in [-0.2, 0) is 6.54 Å². The van der Waals surface area contributed by atoms with Gasteiger partial charge in [0.2, 0.25) is 5.95 Å². The molecule has 3 aromatic heterocycles. The summed E-state index contributed by atoms with van der Waals surface area (Å²) in [7, 11) is 0. The largest absolute Gasteiger partial charge is 0.370 e. The number of pyridine rings is 1. The van der Waals surface area contributed by atoms with Crippen molar-refractivity contribution < 1.29 is 0 Å². The maximum atomic E-state index is 6.20. The van der Waals surface area contributed by atoms with Crippen LogP contribution < -0.4 is 10.6 Å². The number of hydrogen-bond donors (Lipinski definition) is 1. The molecule has 0 saturated carbocycles. The Hall–Kier alpha value is -3.49. The quantitative estimate of drug-likeness (QED) is 0.535. The monoisotopic (exact) mass is 377 g/mol. The minimum Gasteiger partial charge on any atom is -0.370 e. The molecule has 0 atom stereocenters. The number of nitrogens with two attached hydrogens (primary N) is 1. The van der Waals surface area contributed by atoms with Crippen molar-refractivity contribution in [3.63, 3.8) is 0 Å². The van der Waals surface area contributed by atoms with E-state index in [2.05, 4.69) is 34.7 Å². The maximum Gasteiger partial charge on any atom is 0.225 e. The van der Waals surface area contributed by atoms with Crippen LogP contribution in [0.4, 0.5) is 5.95 Å². The van der Waals surface area contributed by atoms with Crippen molar-refractivity contribution in [2.45, 2.75) is 13.5 Å². The van der Waals surface area contributed by atoms with E-state index < -0.39 is 0 Å². The molecule has 0 radical (unpaired) electrons. The van der Waals surface area contributed by atoms with Crippen LogP contribution in [0.5, 0.6) is 0 Å². The van der Waals surface area contributed by atoms with E-state index in [1.165, 1.54) is 0 Å². The summed E-state index contributed by atoms with van der Waals surface area (Å²) < 4.78 is 1.94. The van der Waals surface area contributed by atoms with Gasteiger partial charge in [-0.05, 0) is 24.6 Å². The zero-order chi connectivity index (χ0) is 19.3. The summed E-state index contributed by atoms with van der Waals surface area (Å²) in [4.78, 5) is 26.1. The Morgan fingerprint density at radius 1 is 1.04 bits per heavy atom. The average molecular weight is 377 g/mol. The molecule has 144 valence electrons. The summed E-state index contributed by atoms with van der Waals surface area (Å²) in [5.74, 6) is 3.07. The molecule has 1 aliphatic heterocycles. The lowest BCUT2D eigenvalue weighted by atomic mass is 10.3. The predicted octanol–water partition coefficient (Wildman–Crippen LogP) is 1.00. The normalized spacial score (nSPS) is 15.1. The average Bonchev–Trinajstić information content (AvgIpc) is 3.19. The highest BCUT2D eigenvalue weighted by Gasteiger charge is 2.19. The van der Waals surface area contributed by atoms with Gasteiger partial charge in [-0.15, -0.1) is 0 Å². The number of guanidine groups is 1. The number of hydrogen-bond acceptors (Lipinski definition) is 6.